The van der Waals surface area contributed by atoms with E-state index in [4.69, 9.17) is 5.73 Å². The summed E-state index contributed by atoms with van der Waals surface area (Å²) in [6, 6.07) is -0.0606. The highest BCUT2D eigenvalue weighted by Crippen LogP contribution is 2.15. The maximum atomic E-state index is 11.3. The predicted molar refractivity (Wildman–Crippen MR) is 68.1 cm³/mol. The Hall–Kier alpha value is -0.850. The molecular weight excluding hydrogens is 244 g/mol. The number of imide groups is 1. The molecule has 4 N–H and O–H groups in total. The van der Waals surface area contributed by atoms with Crippen molar-refractivity contribution in [3.8, 4) is 0 Å². The second kappa shape index (κ2) is 8.27. The lowest BCUT2D eigenvalue weighted by Crippen LogP contribution is -2.41. The summed E-state index contributed by atoms with van der Waals surface area (Å²) in [5.74, 6) is -0.248. The standard InChI is InChI=1S/C10H20N4O2.ClH/c1-12-10(16)13-9(15)4-6-14-5-2-3-8(14)7-11;/h8H,2-7,11H2,1H3,(H2,12,13,15,16);1H. The van der Waals surface area contributed by atoms with Gasteiger partial charge in [-0.3, -0.25) is 15.0 Å². The largest absolute Gasteiger partial charge is 0.341 e. The van der Waals surface area contributed by atoms with E-state index in [0.717, 1.165) is 19.4 Å². The van der Waals surface area contributed by atoms with Gasteiger partial charge in [0.15, 0.2) is 0 Å². The van der Waals surface area contributed by atoms with Crippen molar-refractivity contribution in [2.75, 3.05) is 26.7 Å². The topological polar surface area (TPSA) is 87.5 Å². The molecule has 1 heterocycles. The van der Waals surface area contributed by atoms with Gasteiger partial charge in [-0.05, 0) is 19.4 Å². The first-order chi connectivity index (χ1) is 7.67. The minimum Gasteiger partial charge on any atom is -0.341 e. The van der Waals surface area contributed by atoms with Crippen LogP contribution in [-0.2, 0) is 4.79 Å². The maximum Gasteiger partial charge on any atom is 0.321 e. The van der Waals surface area contributed by atoms with Gasteiger partial charge < -0.3 is 11.1 Å². The molecule has 3 amide bonds. The number of carbonyl (C=O) groups is 2. The minimum absolute atomic E-state index is 0. The average Bonchev–Trinajstić information content (AvgIpc) is 2.73. The molecule has 1 atom stereocenters. The van der Waals surface area contributed by atoms with Gasteiger partial charge in [-0.2, -0.15) is 0 Å². The van der Waals surface area contributed by atoms with Crippen LogP contribution in [0.2, 0.25) is 0 Å². The van der Waals surface area contributed by atoms with Crippen LogP contribution in [-0.4, -0.2) is 49.6 Å². The van der Waals surface area contributed by atoms with Crippen LogP contribution in [0, 0.1) is 0 Å². The Labute approximate surface area is 108 Å². The Balaban J connectivity index is 0.00000256. The summed E-state index contributed by atoms with van der Waals surface area (Å²) in [6.45, 7) is 2.30. The number of rotatable bonds is 4. The van der Waals surface area contributed by atoms with Gasteiger partial charge in [0.1, 0.15) is 0 Å². The van der Waals surface area contributed by atoms with E-state index in [1.165, 1.54) is 7.05 Å². The number of nitrogens with one attached hydrogen (secondary N) is 2. The number of nitrogens with two attached hydrogens (primary N) is 1. The second-order valence-electron chi connectivity index (χ2n) is 3.95. The molecule has 0 aliphatic carbocycles. The van der Waals surface area contributed by atoms with Gasteiger partial charge in [-0.1, -0.05) is 0 Å². The molecular formula is C10H21ClN4O2. The number of likely N-dealkylation sites (tertiary alicyclic amines) is 1. The fourth-order valence-electron chi connectivity index (χ4n) is 1.95. The monoisotopic (exact) mass is 264 g/mol. The molecule has 17 heavy (non-hydrogen) atoms. The Morgan fingerprint density at radius 2 is 2.18 bits per heavy atom. The lowest BCUT2D eigenvalue weighted by Gasteiger charge is -2.22. The van der Waals surface area contributed by atoms with Crippen LogP contribution in [0.5, 0.6) is 0 Å². The third-order valence-electron chi connectivity index (χ3n) is 2.88. The van der Waals surface area contributed by atoms with E-state index in [1.807, 2.05) is 0 Å². The number of halogens is 1. The van der Waals surface area contributed by atoms with E-state index in [2.05, 4.69) is 15.5 Å². The van der Waals surface area contributed by atoms with Gasteiger partial charge >= 0.3 is 6.03 Å². The van der Waals surface area contributed by atoms with E-state index in [0.29, 0.717) is 25.6 Å². The van der Waals surface area contributed by atoms with Crippen molar-refractivity contribution in [1.29, 1.82) is 0 Å². The van der Waals surface area contributed by atoms with Gasteiger partial charge in [0.05, 0.1) is 0 Å². The average molecular weight is 265 g/mol. The van der Waals surface area contributed by atoms with Gasteiger partial charge in [-0.15, -0.1) is 12.4 Å². The smallest absolute Gasteiger partial charge is 0.321 e. The molecule has 0 spiro atoms. The zero-order chi connectivity index (χ0) is 12.0. The van der Waals surface area contributed by atoms with Crippen molar-refractivity contribution in [3.05, 3.63) is 0 Å². The van der Waals surface area contributed by atoms with Crippen molar-refractivity contribution < 1.29 is 9.59 Å². The highest BCUT2D eigenvalue weighted by Gasteiger charge is 2.23. The molecule has 0 radical (unpaired) electrons. The first-order valence-corrected chi connectivity index (χ1v) is 5.63. The Morgan fingerprint density at radius 1 is 1.47 bits per heavy atom. The van der Waals surface area contributed by atoms with Crippen molar-refractivity contribution in [2.24, 2.45) is 5.73 Å². The summed E-state index contributed by atoms with van der Waals surface area (Å²) >= 11 is 0. The molecule has 6 nitrogen and oxygen atoms in total. The predicted octanol–water partition coefficient (Wildman–Crippen LogP) is -0.323. The van der Waals surface area contributed by atoms with Crippen molar-refractivity contribution in [3.63, 3.8) is 0 Å². The van der Waals surface area contributed by atoms with Crippen LogP contribution < -0.4 is 16.4 Å². The van der Waals surface area contributed by atoms with Crippen LogP contribution >= 0.6 is 12.4 Å². The van der Waals surface area contributed by atoms with Crippen LogP contribution in [0.1, 0.15) is 19.3 Å². The first kappa shape index (κ1) is 16.1. The van der Waals surface area contributed by atoms with E-state index < -0.39 is 6.03 Å². The van der Waals surface area contributed by atoms with Crippen molar-refractivity contribution in [2.45, 2.75) is 25.3 Å². The molecule has 1 aliphatic heterocycles. The third kappa shape index (κ3) is 5.34. The van der Waals surface area contributed by atoms with Crippen molar-refractivity contribution in [1.82, 2.24) is 15.5 Å². The van der Waals surface area contributed by atoms with E-state index in [1.54, 1.807) is 0 Å². The number of amides is 3. The zero-order valence-electron chi connectivity index (χ0n) is 10.1. The molecule has 0 aromatic rings. The molecule has 0 bridgehead atoms. The van der Waals surface area contributed by atoms with Crippen LogP contribution in [0.4, 0.5) is 4.79 Å². The quantitative estimate of drug-likeness (QED) is 0.649. The summed E-state index contributed by atoms with van der Waals surface area (Å²) in [5, 5.41) is 4.58. The fourth-order valence-corrected chi connectivity index (χ4v) is 1.95. The maximum absolute atomic E-state index is 11.3. The Kier molecular flexibility index (Phi) is 7.86. The van der Waals surface area contributed by atoms with Crippen LogP contribution in [0.3, 0.4) is 0 Å². The molecule has 7 heteroatoms. The normalized spacial score (nSPS) is 19.5. The summed E-state index contributed by atoms with van der Waals surface area (Å²) < 4.78 is 0. The summed E-state index contributed by atoms with van der Waals surface area (Å²) in [6.07, 6.45) is 2.58. The Bertz CT molecular complexity index is 263. The molecule has 100 valence electrons. The van der Waals surface area contributed by atoms with Gasteiger partial charge in [0.2, 0.25) is 5.91 Å². The molecule has 1 aliphatic rings. The molecule has 0 aromatic heterocycles. The highest BCUT2D eigenvalue weighted by atomic mass is 35.5. The van der Waals surface area contributed by atoms with Gasteiger partial charge in [0, 0.05) is 32.6 Å². The first-order valence-electron chi connectivity index (χ1n) is 5.63. The minimum atomic E-state index is -0.457. The summed E-state index contributed by atoms with van der Waals surface area (Å²) in [4.78, 5) is 24.4. The van der Waals surface area contributed by atoms with Crippen molar-refractivity contribution >= 4 is 24.3 Å². The van der Waals surface area contributed by atoms with E-state index in [-0.39, 0.29) is 18.3 Å². The molecule has 0 saturated carbocycles. The SMILES string of the molecule is CNC(=O)NC(=O)CCN1CCCC1CN.Cl. The second-order valence-corrected chi connectivity index (χ2v) is 3.95. The number of nitrogens with zero attached hydrogens (tertiary/aromatic N) is 1. The Morgan fingerprint density at radius 3 is 2.76 bits per heavy atom. The summed E-state index contributed by atoms with van der Waals surface area (Å²) in [7, 11) is 1.48. The highest BCUT2D eigenvalue weighted by molar-refractivity contribution is 5.94. The fraction of sp³-hybridized carbons (Fsp3) is 0.800. The van der Waals surface area contributed by atoms with E-state index in [9.17, 15) is 9.59 Å². The third-order valence-corrected chi connectivity index (χ3v) is 2.88. The lowest BCUT2D eigenvalue weighted by atomic mass is 10.2. The van der Waals surface area contributed by atoms with Gasteiger partial charge in [0.25, 0.3) is 0 Å². The molecule has 0 aromatic carbocycles. The summed E-state index contributed by atoms with van der Waals surface area (Å²) in [5.41, 5.74) is 5.63. The van der Waals surface area contributed by atoms with Crippen LogP contribution in [0.25, 0.3) is 0 Å². The zero-order valence-corrected chi connectivity index (χ0v) is 10.9. The van der Waals surface area contributed by atoms with E-state index >= 15 is 0 Å². The molecule has 1 unspecified atom stereocenters. The lowest BCUT2D eigenvalue weighted by molar-refractivity contribution is -0.120. The molecule has 1 saturated heterocycles. The van der Waals surface area contributed by atoms with Gasteiger partial charge in [-0.25, -0.2) is 4.79 Å². The number of carbonyl (C=O) groups excluding carboxylic acids is 2. The molecule has 1 rings (SSSR count). The number of urea groups is 1. The number of hydrogen-bond donors (Lipinski definition) is 3. The van der Waals surface area contributed by atoms with Crippen LogP contribution in [0.15, 0.2) is 0 Å². The molecule has 1 fully saturated rings. The number of hydrogen-bond acceptors (Lipinski definition) is 4.